The van der Waals surface area contributed by atoms with E-state index in [1.165, 1.54) is 30.1 Å². The van der Waals surface area contributed by atoms with E-state index in [2.05, 4.69) is 10.6 Å². The van der Waals surface area contributed by atoms with Crippen molar-refractivity contribution in [1.29, 1.82) is 0 Å². The Morgan fingerprint density at radius 1 is 1.12 bits per heavy atom. The lowest BCUT2D eigenvalue weighted by Gasteiger charge is -2.18. The number of nitrogens with zero attached hydrogens (tertiary/aromatic N) is 1. The molecule has 0 aliphatic rings. The molecule has 0 spiro atoms. The third kappa shape index (κ3) is 5.62. The molecule has 0 aromatic heterocycles. The molecular formula is C17H16Cl2FN3O2. The van der Waals surface area contributed by atoms with Gasteiger partial charge in [-0.3, -0.25) is 9.59 Å². The Hall–Kier alpha value is -2.31. The molecule has 2 aromatic rings. The van der Waals surface area contributed by atoms with Crippen LogP contribution < -0.4 is 10.6 Å². The second kappa shape index (κ2) is 8.69. The minimum Gasteiger partial charge on any atom is -0.374 e. The summed E-state index contributed by atoms with van der Waals surface area (Å²) >= 11 is 11.7. The zero-order chi connectivity index (χ0) is 18.4. The number of para-hydroxylation sites is 1. The minimum atomic E-state index is -0.517. The van der Waals surface area contributed by atoms with Crippen LogP contribution in [-0.2, 0) is 9.59 Å². The lowest BCUT2D eigenvalue weighted by Crippen LogP contribution is -2.38. The number of hydrogen-bond acceptors (Lipinski definition) is 3. The highest BCUT2D eigenvalue weighted by Crippen LogP contribution is 2.20. The van der Waals surface area contributed by atoms with Crippen molar-refractivity contribution < 1.29 is 14.0 Å². The van der Waals surface area contributed by atoms with Gasteiger partial charge in [0, 0.05) is 12.1 Å². The van der Waals surface area contributed by atoms with Crippen LogP contribution in [0.25, 0.3) is 0 Å². The lowest BCUT2D eigenvalue weighted by atomic mass is 10.3. The standard InChI is InChI=1S/C17H16Cl2FN3O2/c1-23(10-16(24)22-14-5-3-2-4-12(14)19)17(25)9-21-15-8-11(18)6-7-13(15)20/h2-8,21H,9-10H2,1H3,(H,22,24). The zero-order valence-corrected chi connectivity index (χ0v) is 14.9. The van der Waals surface area contributed by atoms with Crippen LogP contribution in [0, 0.1) is 5.82 Å². The van der Waals surface area contributed by atoms with Gasteiger partial charge in [-0.25, -0.2) is 4.39 Å². The first kappa shape index (κ1) is 19.0. The first-order chi connectivity index (χ1) is 11.9. The molecule has 0 bridgehead atoms. The predicted molar refractivity (Wildman–Crippen MR) is 97.6 cm³/mol. The van der Waals surface area contributed by atoms with E-state index in [9.17, 15) is 14.0 Å². The van der Waals surface area contributed by atoms with Gasteiger partial charge in [-0.2, -0.15) is 0 Å². The largest absolute Gasteiger partial charge is 0.374 e. The molecular weight excluding hydrogens is 368 g/mol. The maximum atomic E-state index is 13.6. The third-order valence-corrected chi connectivity index (χ3v) is 3.88. The van der Waals surface area contributed by atoms with Crippen LogP contribution in [-0.4, -0.2) is 36.9 Å². The van der Waals surface area contributed by atoms with Crippen LogP contribution in [0.5, 0.6) is 0 Å². The average Bonchev–Trinajstić information content (AvgIpc) is 2.57. The highest BCUT2D eigenvalue weighted by Gasteiger charge is 2.14. The molecule has 8 heteroatoms. The van der Waals surface area contributed by atoms with Crippen LogP contribution >= 0.6 is 23.2 Å². The first-order valence-corrected chi connectivity index (χ1v) is 8.09. The molecule has 0 saturated carbocycles. The van der Waals surface area contributed by atoms with Crippen molar-refractivity contribution in [1.82, 2.24) is 4.90 Å². The molecule has 132 valence electrons. The van der Waals surface area contributed by atoms with Crippen LogP contribution in [0.4, 0.5) is 15.8 Å². The van der Waals surface area contributed by atoms with Gasteiger partial charge in [-0.1, -0.05) is 35.3 Å². The number of rotatable bonds is 6. The van der Waals surface area contributed by atoms with Gasteiger partial charge in [-0.15, -0.1) is 0 Å². The smallest absolute Gasteiger partial charge is 0.244 e. The summed E-state index contributed by atoms with van der Waals surface area (Å²) in [6, 6.07) is 10.8. The summed E-state index contributed by atoms with van der Waals surface area (Å²) < 4.78 is 13.6. The van der Waals surface area contributed by atoms with E-state index in [1.54, 1.807) is 24.3 Å². The fourth-order valence-corrected chi connectivity index (χ4v) is 2.35. The van der Waals surface area contributed by atoms with Gasteiger partial charge in [0.25, 0.3) is 0 Å². The van der Waals surface area contributed by atoms with Gasteiger partial charge in [0.1, 0.15) is 5.82 Å². The topological polar surface area (TPSA) is 61.4 Å². The molecule has 0 heterocycles. The molecule has 0 aliphatic heterocycles. The van der Waals surface area contributed by atoms with Gasteiger partial charge in [-0.05, 0) is 30.3 Å². The number of amides is 2. The molecule has 0 saturated heterocycles. The van der Waals surface area contributed by atoms with Gasteiger partial charge in [0.2, 0.25) is 11.8 Å². The second-order valence-corrected chi connectivity index (χ2v) is 6.10. The average molecular weight is 384 g/mol. The Morgan fingerprint density at radius 3 is 2.56 bits per heavy atom. The maximum Gasteiger partial charge on any atom is 0.244 e. The monoisotopic (exact) mass is 383 g/mol. The quantitative estimate of drug-likeness (QED) is 0.800. The van der Waals surface area contributed by atoms with Crippen molar-refractivity contribution in [3.8, 4) is 0 Å². The Balaban J connectivity index is 1.86. The summed E-state index contributed by atoms with van der Waals surface area (Å²) in [6.07, 6.45) is 0. The molecule has 0 radical (unpaired) electrons. The van der Waals surface area contributed by atoms with E-state index in [1.807, 2.05) is 0 Å². The minimum absolute atomic E-state index is 0.120. The van der Waals surface area contributed by atoms with Crippen LogP contribution in [0.15, 0.2) is 42.5 Å². The summed E-state index contributed by atoms with van der Waals surface area (Å²) in [5.74, 6) is -1.29. The SMILES string of the molecule is CN(CC(=O)Nc1ccccc1Cl)C(=O)CNc1cc(Cl)ccc1F. The van der Waals surface area contributed by atoms with E-state index >= 15 is 0 Å². The van der Waals surface area contributed by atoms with E-state index in [0.717, 1.165) is 0 Å². The second-order valence-electron chi connectivity index (χ2n) is 5.26. The fraction of sp³-hybridized carbons (Fsp3) is 0.176. The summed E-state index contributed by atoms with van der Waals surface area (Å²) in [5, 5.41) is 6.04. The molecule has 5 nitrogen and oxygen atoms in total. The zero-order valence-electron chi connectivity index (χ0n) is 13.4. The number of carbonyl (C=O) groups excluding carboxylic acids is 2. The van der Waals surface area contributed by atoms with Crippen molar-refractivity contribution in [2.45, 2.75) is 0 Å². The molecule has 0 aliphatic carbocycles. The van der Waals surface area contributed by atoms with Crippen LogP contribution in [0.1, 0.15) is 0 Å². The van der Waals surface area contributed by atoms with Crippen molar-refractivity contribution in [3.05, 3.63) is 58.3 Å². The summed E-state index contributed by atoms with van der Waals surface area (Å²) in [4.78, 5) is 25.3. The number of likely N-dealkylation sites (N-methyl/N-ethyl adjacent to an activating group) is 1. The fourth-order valence-electron chi connectivity index (χ4n) is 1.99. The number of hydrogen-bond donors (Lipinski definition) is 2. The van der Waals surface area contributed by atoms with E-state index < -0.39 is 11.7 Å². The van der Waals surface area contributed by atoms with Crippen molar-refractivity contribution in [2.75, 3.05) is 30.8 Å². The predicted octanol–water partition coefficient (Wildman–Crippen LogP) is 3.64. The van der Waals surface area contributed by atoms with Crippen molar-refractivity contribution in [3.63, 3.8) is 0 Å². The van der Waals surface area contributed by atoms with Crippen molar-refractivity contribution in [2.24, 2.45) is 0 Å². The summed E-state index contributed by atoms with van der Waals surface area (Å²) in [7, 11) is 1.48. The Morgan fingerprint density at radius 2 is 1.84 bits per heavy atom. The Labute approximate surface area is 154 Å². The first-order valence-electron chi connectivity index (χ1n) is 7.34. The maximum absolute atomic E-state index is 13.6. The number of benzene rings is 2. The highest BCUT2D eigenvalue weighted by atomic mass is 35.5. The molecule has 0 unspecified atom stereocenters. The summed E-state index contributed by atoms with van der Waals surface area (Å²) in [6.45, 7) is -0.336. The number of nitrogens with one attached hydrogen (secondary N) is 2. The molecule has 2 rings (SSSR count). The van der Waals surface area contributed by atoms with Crippen LogP contribution in [0.3, 0.4) is 0 Å². The van der Waals surface area contributed by atoms with Crippen molar-refractivity contribution >= 4 is 46.4 Å². The Kier molecular flexibility index (Phi) is 6.61. The van der Waals surface area contributed by atoms with Gasteiger partial charge >= 0.3 is 0 Å². The lowest BCUT2D eigenvalue weighted by molar-refractivity contribution is -0.131. The molecule has 25 heavy (non-hydrogen) atoms. The van der Waals surface area contributed by atoms with Gasteiger partial charge in [0.05, 0.1) is 29.5 Å². The molecule has 2 aromatic carbocycles. The van der Waals surface area contributed by atoms with E-state index in [4.69, 9.17) is 23.2 Å². The molecule has 0 atom stereocenters. The molecule has 2 N–H and O–H groups in total. The van der Waals surface area contributed by atoms with Gasteiger partial charge < -0.3 is 15.5 Å². The summed E-state index contributed by atoms with van der Waals surface area (Å²) in [5.41, 5.74) is 0.587. The number of carbonyl (C=O) groups is 2. The normalized spacial score (nSPS) is 10.2. The highest BCUT2D eigenvalue weighted by molar-refractivity contribution is 6.33. The third-order valence-electron chi connectivity index (χ3n) is 3.31. The Bertz CT molecular complexity index is 786. The van der Waals surface area contributed by atoms with E-state index in [-0.39, 0.29) is 24.7 Å². The molecule has 2 amide bonds. The molecule has 0 fully saturated rings. The van der Waals surface area contributed by atoms with Gasteiger partial charge in [0.15, 0.2) is 0 Å². The number of halogens is 3. The van der Waals surface area contributed by atoms with E-state index in [0.29, 0.717) is 15.7 Å². The number of anilines is 2. The van der Waals surface area contributed by atoms with Crippen LogP contribution in [0.2, 0.25) is 10.0 Å².